The zero-order valence-corrected chi connectivity index (χ0v) is 7.49. The summed E-state index contributed by atoms with van der Waals surface area (Å²) in [5, 5.41) is 10.3. The number of phenols is 1. The topological polar surface area (TPSA) is 59.1 Å². The molecule has 0 aliphatic carbocycles. The van der Waals surface area contributed by atoms with Crippen LogP contribution in [0.2, 0.25) is 5.02 Å². The van der Waals surface area contributed by atoms with Gasteiger partial charge in [0.25, 0.3) is 0 Å². The first-order valence-corrected chi connectivity index (χ1v) is 4.41. The minimum atomic E-state index is 0.113. The molecule has 0 bridgehead atoms. The highest BCUT2D eigenvalue weighted by Crippen LogP contribution is 2.35. The van der Waals surface area contributed by atoms with Gasteiger partial charge in [-0.1, -0.05) is 22.9 Å². The van der Waals surface area contributed by atoms with Gasteiger partial charge >= 0.3 is 0 Å². The highest BCUT2D eigenvalue weighted by molar-refractivity contribution is 7.22. The summed E-state index contributed by atoms with van der Waals surface area (Å²) in [5.41, 5.74) is 5.94. The normalized spacial score (nSPS) is 10.8. The molecule has 62 valence electrons. The molecule has 0 saturated carbocycles. The van der Waals surface area contributed by atoms with Crippen LogP contribution in [0.4, 0.5) is 5.13 Å². The number of aromatic hydroxyl groups is 1. The number of benzene rings is 1. The number of thiazole rings is 1. The van der Waals surface area contributed by atoms with Crippen molar-refractivity contribution in [3.63, 3.8) is 0 Å². The summed E-state index contributed by atoms with van der Waals surface area (Å²) in [5.74, 6) is 0.113. The van der Waals surface area contributed by atoms with E-state index in [1.807, 2.05) is 0 Å². The predicted octanol–water partition coefficient (Wildman–Crippen LogP) is 2.24. The molecular formula is C7H5ClN2OS. The van der Waals surface area contributed by atoms with E-state index >= 15 is 0 Å². The van der Waals surface area contributed by atoms with Crippen LogP contribution < -0.4 is 5.73 Å². The van der Waals surface area contributed by atoms with Crippen LogP contribution in [-0.2, 0) is 0 Å². The van der Waals surface area contributed by atoms with Crippen LogP contribution in [0.3, 0.4) is 0 Å². The number of phenolic OH excluding ortho intramolecular Hbond substituents is 1. The van der Waals surface area contributed by atoms with Crippen molar-refractivity contribution >= 4 is 38.3 Å². The Balaban J connectivity index is 2.93. The van der Waals surface area contributed by atoms with E-state index in [0.29, 0.717) is 15.7 Å². The standard InChI is InChI=1S/C7H5ClN2OS/c8-3-1-2-4(11)5-6(3)12-7(9)10-5/h1-2,11H,(H2,9,10). The average Bonchev–Trinajstić information content (AvgIpc) is 2.41. The lowest BCUT2D eigenvalue weighted by atomic mass is 10.3. The summed E-state index contributed by atoms with van der Waals surface area (Å²) in [6.45, 7) is 0. The molecule has 0 aliphatic rings. The largest absolute Gasteiger partial charge is 0.506 e. The lowest BCUT2D eigenvalue weighted by Crippen LogP contribution is -1.79. The molecule has 0 atom stereocenters. The van der Waals surface area contributed by atoms with Crippen molar-refractivity contribution in [2.24, 2.45) is 0 Å². The maximum absolute atomic E-state index is 9.34. The highest BCUT2D eigenvalue weighted by Gasteiger charge is 2.08. The van der Waals surface area contributed by atoms with Crippen LogP contribution >= 0.6 is 22.9 Å². The van der Waals surface area contributed by atoms with Crippen LogP contribution in [0.1, 0.15) is 0 Å². The molecule has 2 rings (SSSR count). The number of nitrogens with two attached hydrogens (primary N) is 1. The Labute approximate surface area is 77.4 Å². The number of hydrogen-bond acceptors (Lipinski definition) is 4. The van der Waals surface area contributed by atoms with Gasteiger partial charge in [0.15, 0.2) is 5.13 Å². The Morgan fingerprint density at radius 3 is 2.92 bits per heavy atom. The Kier molecular flexibility index (Phi) is 1.59. The molecule has 3 N–H and O–H groups in total. The van der Waals surface area contributed by atoms with Gasteiger partial charge in [-0.3, -0.25) is 0 Å². The van der Waals surface area contributed by atoms with Gasteiger partial charge in [0.05, 0.1) is 9.72 Å². The molecule has 0 aliphatic heterocycles. The second-order valence-corrected chi connectivity index (χ2v) is 3.73. The van der Waals surface area contributed by atoms with Gasteiger partial charge in [-0.25, -0.2) is 4.98 Å². The predicted molar refractivity (Wildman–Crippen MR) is 50.7 cm³/mol. The fourth-order valence-corrected chi connectivity index (χ4v) is 2.01. The Morgan fingerprint density at radius 1 is 1.50 bits per heavy atom. The minimum absolute atomic E-state index is 0.113. The van der Waals surface area contributed by atoms with Gasteiger partial charge in [0, 0.05) is 0 Å². The summed E-state index contributed by atoms with van der Waals surface area (Å²) >= 11 is 7.11. The molecule has 12 heavy (non-hydrogen) atoms. The lowest BCUT2D eigenvalue weighted by molar-refractivity contribution is 0.480. The van der Waals surface area contributed by atoms with Crippen molar-refractivity contribution in [1.82, 2.24) is 4.98 Å². The van der Waals surface area contributed by atoms with Crippen molar-refractivity contribution in [2.75, 3.05) is 5.73 Å². The third-order valence-electron chi connectivity index (χ3n) is 1.49. The van der Waals surface area contributed by atoms with E-state index in [1.165, 1.54) is 17.4 Å². The molecule has 1 aromatic heterocycles. The molecule has 0 saturated heterocycles. The first-order valence-electron chi connectivity index (χ1n) is 3.22. The summed E-state index contributed by atoms with van der Waals surface area (Å²) < 4.78 is 0.731. The van der Waals surface area contributed by atoms with Gasteiger partial charge < -0.3 is 10.8 Å². The zero-order chi connectivity index (χ0) is 8.72. The highest BCUT2D eigenvalue weighted by atomic mass is 35.5. The maximum atomic E-state index is 9.34. The van der Waals surface area contributed by atoms with E-state index in [2.05, 4.69) is 4.98 Å². The smallest absolute Gasteiger partial charge is 0.181 e. The monoisotopic (exact) mass is 200 g/mol. The van der Waals surface area contributed by atoms with E-state index in [4.69, 9.17) is 17.3 Å². The number of nitrogens with zero attached hydrogens (tertiary/aromatic N) is 1. The Bertz CT molecular complexity index is 401. The number of fused-ring (bicyclic) bond motifs is 1. The fraction of sp³-hybridized carbons (Fsp3) is 0. The summed E-state index contributed by atoms with van der Waals surface area (Å²) in [7, 11) is 0. The third-order valence-corrected chi connectivity index (χ3v) is 2.84. The molecular weight excluding hydrogens is 196 g/mol. The van der Waals surface area contributed by atoms with E-state index in [1.54, 1.807) is 6.07 Å². The summed E-state index contributed by atoms with van der Waals surface area (Å²) in [4.78, 5) is 3.94. The molecule has 0 spiro atoms. The zero-order valence-electron chi connectivity index (χ0n) is 5.91. The van der Waals surface area contributed by atoms with Crippen LogP contribution in [0, 0.1) is 0 Å². The van der Waals surface area contributed by atoms with Gasteiger partial charge in [-0.15, -0.1) is 0 Å². The van der Waals surface area contributed by atoms with Crippen molar-refractivity contribution in [2.45, 2.75) is 0 Å². The van der Waals surface area contributed by atoms with E-state index in [-0.39, 0.29) is 5.75 Å². The quantitative estimate of drug-likeness (QED) is 0.686. The molecule has 0 fully saturated rings. The summed E-state index contributed by atoms with van der Waals surface area (Å²) in [6, 6.07) is 3.13. The molecule has 1 aromatic carbocycles. The molecule has 3 nitrogen and oxygen atoms in total. The molecule has 0 radical (unpaired) electrons. The van der Waals surface area contributed by atoms with Gasteiger partial charge in [0.2, 0.25) is 0 Å². The SMILES string of the molecule is Nc1nc2c(O)ccc(Cl)c2s1. The van der Waals surface area contributed by atoms with Crippen molar-refractivity contribution < 1.29 is 5.11 Å². The summed E-state index contributed by atoms with van der Waals surface area (Å²) in [6.07, 6.45) is 0. The van der Waals surface area contributed by atoms with Crippen LogP contribution in [0.25, 0.3) is 10.2 Å². The second kappa shape index (κ2) is 2.50. The number of aromatic nitrogens is 1. The van der Waals surface area contributed by atoms with Crippen molar-refractivity contribution in [3.8, 4) is 5.75 Å². The fourth-order valence-electron chi connectivity index (χ4n) is 0.979. The lowest BCUT2D eigenvalue weighted by Gasteiger charge is -1.93. The van der Waals surface area contributed by atoms with Gasteiger partial charge in [-0.05, 0) is 12.1 Å². The van der Waals surface area contributed by atoms with E-state index in [9.17, 15) is 5.11 Å². The average molecular weight is 201 g/mol. The molecule has 1 heterocycles. The van der Waals surface area contributed by atoms with Crippen molar-refractivity contribution in [3.05, 3.63) is 17.2 Å². The molecule has 2 aromatic rings. The van der Waals surface area contributed by atoms with E-state index < -0.39 is 0 Å². The number of hydrogen-bond donors (Lipinski definition) is 2. The number of anilines is 1. The Hall–Kier alpha value is -1.000. The Morgan fingerprint density at radius 2 is 2.25 bits per heavy atom. The van der Waals surface area contributed by atoms with Crippen LogP contribution in [0.5, 0.6) is 5.75 Å². The maximum Gasteiger partial charge on any atom is 0.181 e. The van der Waals surface area contributed by atoms with Crippen molar-refractivity contribution in [1.29, 1.82) is 0 Å². The second-order valence-electron chi connectivity index (χ2n) is 2.30. The molecule has 0 unspecified atom stereocenters. The first-order chi connectivity index (χ1) is 5.68. The minimum Gasteiger partial charge on any atom is -0.506 e. The number of rotatable bonds is 0. The first kappa shape index (κ1) is 7.64. The number of nitrogen functional groups attached to an aromatic ring is 1. The van der Waals surface area contributed by atoms with Crippen LogP contribution in [0.15, 0.2) is 12.1 Å². The van der Waals surface area contributed by atoms with E-state index in [0.717, 1.165) is 4.70 Å². The molecule has 5 heteroatoms. The van der Waals surface area contributed by atoms with Crippen LogP contribution in [-0.4, -0.2) is 10.1 Å². The third kappa shape index (κ3) is 1.00. The number of halogens is 1. The van der Waals surface area contributed by atoms with Gasteiger partial charge in [0.1, 0.15) is 11.3 Å². The molecule has 0 amide bonds. The van der Waals surface area contributed by atoms with Gasteiger partial charge in [-0.2, -0.15) is 0 Å².